The lowest BCUT2D eigenvalue weighted by molar-refractivity contribution is 0.558. The van der Waals surface area contributed by atoms with E-state index in [1.165, 1.54) is 24.9 Å². The summed E-state index contributed by atoms with van der Waals surface area (Å²) in [5.74, 6) is 0. The van der Waals surface area contributed by atoms with Gasteiger partial charge in [-0.1, -0.05) is 38.5 Å². The number of rotatable bonds is 9. The number of hydrogen-bond donors (Lipinski definition) is 1. The van der Waals surface area contributed by atoms with Gasteiger partial charge >= 0.3 is 0 Å². The van der Waals surface area contributed by atoms with Gasteiger partial charge in [-0.2, -0.15) is 0 Å². The van der Waals surface area contributed by atoms with E-state index in [0.29, 0.717) is 6.04 Å². The number of hydrogen-bond acceptors (Lipinski definition) is 2. The minimum atomic E-state index is 0.369. The van der Waals surface area contributed by atoms with Gasteiger partial charge in [0, 0.05) is 24.8 Å². The zero-order chi connectivity index (χ0) is 13.2. The van der Waals surface area contributed by atoms with E-state index >= 15 is 0 Å². The van der Waals surface area contributed by atoms with Crippen molar-refractivity contribution in [2.75, 3.05) is 18.0 Å². The predicted molar refractivity (Wildman–Crippen MR) is 81.1 cm³/mol. The molecule has 0 bridgehead atoms. The molecule has 102 valence electrons. The molecular weight excluding hydrogens is 220 g/mol. The Morgan fingerprint density at radius 2 is 1.72 bits per heavy atom. The van der Waals surface area contributed by atoms with Crippen molar-refractivity contribution in [1.82, 2.24) is 0 Å². The quantitative estimate of drug-likeness (QED) is 0.720. The third-order valence-electron chi connectivity index (χ3n) is 3.43. The molecule has 0 aliphatic heterocycles. The molecule has 0 fully saturated rings. The van der Waals surface area contributed by atoms with Crippen molar-refractivity contribution in [3.8, 4) is 0 Å². The van der Waals surface area contributed by atoms with Gasteiger partial charge in [0.2, 0.25) is 0 Å². The normalized spacial score (nSPS) is 12.4. The Hall–Kier alpha value is -1.02. The third kappa shape index (κ3) is 5.54. The van der Waals surface area contributed by atoms with Crippen LogP contribution in [0.3, 0.4) is 0 Å². The SMILES string of the molecule is CCCCN(CCCC(N)CC)c1ccccc1. The second-order valence-corrected chi connectivity index (χ2v) is 4.99. The van der Waals surface area contributed by atoms with E-state index in [1.807, 2.05) is 0 Å². The first-order valence-corrected chi connectivity index (χ1v) is 7.33. The highest BCUT2D eigenvalue weighted by Crippen LogP contribution is 2.15. The molecule has 2 nitrogen and oxygen atoms in total. The van der Waals surface area contributed by atoms with Crippen LogP contribution in [0.25, 0.3) is 0 Å². The molecule has 1 aromatic carbocycles. The predicted octanol–water partition coefficient (Wildman–Crippen LogP) is 3.81. The van der Waals surface area contributed by atoms with Crippen LogP contribution >= 0.6 is 0 Å². The van der Waals surface area contributed by atoms with Crippen LogP contribution in [0.5, 0.6) is 0 Å². The summed E-state index contributed by atoms with van der Waals surface area (Å²) >= 11 is 0. The molecule has 0 saturated heterocycles. The lowest BCUT2D eigenvalue weighted by Crippen LogP contribution is -2.27. The number of para-hydroxylation sites is 1. The van der Waals surface area contributed by atoms with Crippen molar-refractivity contribution < 1.29 is 0 Å². The molecular formula is C16H28N2. The van der Waals surface area contributed by atoms with Gasteiger partial charge < -0.3 is 10.6 Å². The van der Waals surface area contributed by atoms with E-state index < -0.39 is 0 Å². The van der Waals surface area contributed by atoms with E-state index in [0.717, 1.165) is 25.9 Å². The maximum atomic E-state index is 5.98. The Balaban J connectivity index is 2.46. The van der Waals surface area contributed by atoms with Crippen LogP contribution in [0.15, 0.2) is 30.3 Å². The fourth-order valence-corrected chi connectivity index (χ4v) is 2.11. The molecule has 0 amide bonds. The number of anilines is 1. The molecule has 0 aromatic heterocycles. The van der Waals surface area contributed by atoms with Crippen molar-refractivity contribution >= 4 is 5.69 Å². The Morgan fingerprint density at radius 3 is 2.33 bits per heavy atom. The first-order chi connectivity index (χ1) is 8.77. The molecule has 1 atom stereocenters. The van der Waals surface area contributed by atoms with Gasteiger partial charge in [0.25, 0.3) is 0 Å². The van der Waals surface area contributed by atoms with E-state index in [1.54, 1.807) is 0 Å². The van der Waals surface area contributed by atoms with Gasteiger partial charge in [-0.05, 0) is 37.8 Å². The van der Waals surface area contributed by atoms with Crippen LogP contribution in [-0.2, 0) is 0 Å². The number of unbranched alkanes of at least 4 members (excludes halogenated alkanes) is 1. The summed E-state index contributed by atoms with van der Waals surface area (Å²) < 4.78 is 0. The molecule has 0 aliphatic carbocycles. The highest BCUT2D eigenvalue weighted by atomic mass is 15.1. The van der Waals surface area contributed by atoms with Crippen LogP contribution in [0.4, 0.5) is 5.69 Å². The van der Waals surface area contributed by atoms with Gasteiger partial charge in [-0.15, -0.1) is 0 Å². The molecule has 18 heavy (non-hydrogen) atoms. The average Bonchev–Trinajstić information content (AvgIpc) is 2.43. The zero-order valence-corrected chi connectivity index (χ0v) is 11.9. The van der Waals surface area contributed by atoms with Crippen LogP contribution in [0.1, 0.15) is 46.0 Å². The first-order valence-electron chi connectivity index (χ1n) is 7.33. The number of nitrogens with zero attached hydrogens (tertiary/aromatic N) is 1. The maximum Gasteiger partial charge on any atom is 0.0366 e. The molecule has 0 spiro atoms. The Labute approximate surface area is 112 Å². The average molecular weight is 248 g/mol. The Bertz CT molecular complexity index is 297. The number of nitrogens with two attached hydrogens (primary N) is 1. The van der Waals surface area contributed by atoms with Crippen molar-refractivity contribution in [3.05, 3.63) is 30.3 Å². The lowest BCUT2D eigenvalue weighted by atomic mass is 10.1. The van der Waals surface area contributed by atoms with E-state index in [-0.39, 0.29) is 0 Å². The van der Waals surface area contributed by atoms with Crippen LogP contribution in [0.2, 0.25) is 0 Å². The summed E-state index contributed by atoms with van der Waals surface area (Å²) in [5, 5.41) is 0. The third-order valence-corrected chi connectivity index (χ3v) is 3.43. The number of benzene rings is 1. The summed E-state index contributed by atoms with van der Waals surface area (Å²) in [6, 6.07) is 11.1. The molecule has 0 aliphatic rings. The molecule has 1 unspecified atom stereocenters. The van der Waals surface area contributed by atoms with Crippen molar-refractivity contribution in [2.24, 2.45) is 5.73 Å². The van der Waals surface area contributed by atoms with Gasteiger partial charge in [0.05, 0.1) is 0 Å². The summed E-state index contributed by atoms with van der Waals surface area (Å²) in [6.45, 7) is 6.69. The molecule has 0 heterocycles. The summed E-state index contributed by atoms with van der Waals surface area (Å²) in [4.78, 5) is 2.49. The molecule has 1 aromatic rings. The zero-order valence-electron chi connectivity index (χ0n) is 11.9. The fraction of sp³-hybridized carbons (Fsp3) is 0.625. The molecule has 0 radical (unpaired) electrons. The Kier molecular flexibility index (Phi) is 7.51. The Morgan fingerprint density at radius 1 is 1.06 bits per heavy atom. The van der Waals surface area contributed by atoms with Crippen molar-refractivity contribution in [2.45, 2.75) is 52.0 Å². The highest BCUT2D eigenvalue weighted by molar-refractivity contribution is 5.45. The van der Waals surface area contributed by atoms with Gasteiger partial charge in [-0.3, -0.25) is 0 Å². The second kappa shape index (κ2) is 8.98. The van der Waals surface area contributed by atoms with Crippen LogP contribution < -0.4 is 10.6 Å². The minimum Gasteiger partial charge on any atom is -0.372 e. The standard InChI is InChI=1S/C16H28N2/c1-3-5-13-18(14-9-10-15(17)4-2)16-11-7-6-8-12-16/h6-8,11-12,15H,3-5,9-10,13-14,17H2,1-2H3. The van der Waals surface area contributed by atoms with E-state index in [4.69, 9.17) is 5.73 Å². The largest absolute Gasteiger partial charge is 0.372 e. The van der Waals surface area contributed by atoms with Crippen LogP contribution in [-0.4, -0.2) is 19.1 Å². The molecule has 1 rings (SSSR count). The molecule has 0 saturated carbocycles. The topological polar surface area (TPSA) is 29.3 Å². The summed E-state index contributed by atoms with van der Waals surface area (Å²) in [5.41, 5.74) is 7.32. The first kappa shape index (κ1) is 15.0. The maximum absolute atomic E-state index is 5.98. The molecule has 2 heteroatoms. The monoisotopic (exact) mass is 248 g/mol. The lowest BCUT2D eigenvalue weighted by Gasteiger charge is -2.25. The van der Waals surface area contributed by atoms with Gasteiger partial charge in [0.1, 0.15) is 0 Å². The van der Waals surface area contributed by atoms with Crippen LogP contribution in [0, 0.1) is 0 Å². The van der Waals surface area contributed by atoms with Crippen molar-refractivity contribution in [3.63, 3.8) is 0 Å². The summed E-state index contributed by atoms with van der Waals surface area (Å²) in [7, 11) is 0. The van der Waals surface area contributed by atoms with Gasteiger partial charge in [0.15, 0.2) is 0 Å². The minimum absolute atomic E-state index is 0.369. The second-order valence-electron chi connectivity index (χ2n) is 4.99. The smallest absolute Gasteiger partial charge is 0.0366 e. The van der Waals surface area contributed by atoms with Crippen molar-refractivity contribution in [1.29, 1.82) is 0 Å². The van der Waals surface area contributed by atoms with E-state index in [9.17, 15) is 0 Å². The highest BCUT2D eigenvalue weighted by Gasteiger charge is 2.06. The fourth-order valence-electron chi connectivity index (χ4n) is 2.11. The molecule has 2 N–H and O–H groups in total. The summed E-state index contributed by atoms with van der Waals surface area (Å²) in [6.07, 6.45) is 5.91. The van der Waals surface area contributed by atoms with Gasteiger partial charge in [-0.25, -0.2) is 0 Å². The van der Waals surface area contributed by atoms with E-state index in [2.05, 4.69) is 49.1 Å².